The molecular weight excluding hydrogens is 356 g/mol. The van der Waals surface area contributed by atoms with Gasteiger partial charge in [0, 0.05) is 12.6 Å². The summed E-state index contributed by atoms with van der Waals surface area (Å²) < 4.78 is 21.9. The average molecular weight is 380 g/mol. The van der Waals surface area contributed by atoms with Gasteiger partial charge in [-0.05, 0) is 59.4 Å². The Bertz CT molecular complexity index is 951. The van der Waals surface area contributed by atoms with Gasteiger partial charge in [0.15, 0.2) is 23.0 Å². The highest BCUT2D eigenvalue weighted by molar-refractivity contribution is 5.54. The van der Waals surface area contributed by atoms with E-state index in [1.165, 1.54) is 11.1 Å². The van der Waals surface area contributed by atoms with Crippen LogP contribution in [0.2, 0.25) is 0 Å². The molecule has 0 N–H and O–H groups in total. The third-order valence-corrected chi connectivity index (χ3v) is 5.85. The van der Waals surface area contributed by atoms with Gasteiger partial charge in [-0.1, -0.05) is 0 Å². The lowest BCUT2D eigenvalue weighted by molar-refractivity contribution is 0.136. The minimum absolute atomic E-state index is 0.110. The molecule has 0 fully saturated rings. The van der Waals surface area contributed by atoms with Gasteiger partial charge in [0.1, 0.15) is 6.04 Å². The Kier molecular flexibility index (Phi) is 4.78. The normalized spacial score (nSPS) is 20.2. The molecule has 0 saturated carbocycles. The van der Waals surface area contributed by atoms with E-state index in [9.17, 15) is 5.26 Å². The molecule has 2 heterocycles. The lowest BCUT2D eigenvalue weighted by Gasteiger charge is -2.44. The molecule has 0 saturated heterocycles. The fraction of sp³-hybridized carbons (Fsp3) is 0.409. The lowest BCUT2D eigenvalue weighted by atomic mass is 9.80. The van der Waals surface area contributed by atoms with Gasteiger partial charge in [0.25, 0.3) is 0 Å². The minimum atomic E-state index is -0.324. The maximum absolute atomic E-state index is 9.99. The summed E-state index contributed by atoms with van der Waals surface area (Å²) in [6, 6.07) is 10.4. The molecule has 2 aromatic rings. The van der Waals surface area contributed by atoms with Crippen LogP contribution in [0.5, 0.6) is 23.0 Å². The fourth-order valence-electron chi connectivity index (χ4n) is 4.48. The molecule has 2 aliphatic rings. The van der Waals surface area contributed by atoms with Crippen LogP contribution in [0.3, 0.4) is 0 Å². The van der Waals surface area contributed by atoms with Crippen molar-refractivity contribution in [2.24, 2.45) is 0 Å². The summed E-state index contributed by atoms with van der Waals surface area (Å²) in [6.45, 7) is 0.819. The number of methoxy groups -OCH3 is 4. The molecule has 2 aromatic carbocycles. The zero-order valence-electron chi connectivity index (χ0n) is 16.6. The van der Waals surface area contributed by atoms with E-state index in [1.807, 2.05) is 12.1 Å². The summed E-state index contributed by atoms with van der Waals surface area (Å²) in [5, 5.41) is 9.99. The third-order valence-electron chi connectivity index (χ3n) is 5.85. The number of ether oxygens (including phenoxy) is 4. The first kappa shape index (κ1) is 18.5. The summed E-state index contributed by atoms with van der Waals surface area (Å²) in [6.07, 6.45) is 1.67. The van der Waals surface area contributed by atoms with Crippen molar-refractivity contribution in [2.75, 3.05) is 35.0 Å². The van der Waals surface area contributed by atoms with E-state index in [4.69, 9.17) is 18.9 Å². The Morgan fingerprint density at radius 1 is 0.821 bits per heavy atom. The molecule has 4 rings (SSSR count). The minimum Gasteiger partial charge on any atom is -0.493 e. The van der Waals surface area contributed by atoms with E-state index >= 15 is 0 Å². The van der Waals surface area contributed by atoms with Crippen molar-refractivity contribution in [3.05, 3.63) is 46.5 Å². The Morgan fingerprint density at radius 3 is 1.93 bits per heavy atom. The zero-order valence-corrected chi connectivity index (χ0v) is 16.6. The van der Waals surface area contributed by atoms with Crippen LogP contribution in [0, 0.1) is 11.3 Å². The standard InChI is InChI=1S/C22H24N2O4/c1-25-19-8-13-5-6-24-17(15(13)10-21(19)27-3)7-14-9-20(26-2)22(28-4)11-16(14)18(24)12-23/h8-11,17-18H,5-7H2,1-4H3/t17-,18+/m0/s1. The van der Waals surface area contributed by atoms with Crippen molar-refractivity contribution < 1.29 is 18.9 Å². The monoisotopic (exact) mass is 380 g/mol. The Morgan fingerprint density at radius 2 is 1.36 bits per heavy atom. The molecule has 0 radical (unpaired) electrons. The van der Waals surface area contributed by atoms with Gasteiger partial charge in [-0.2, -0.15) is 5.26 Å². The molecule has 6 heteroatoms. The van der Waals surface area contributed by atoms with Crippen molar-refractivity contribution in [3.8, 4) is 29.1 Å². The molecule has 2 aliphatic heterocycles. The summed E-state index contributed by atoms with van der Waals surface area (Å²) >= 11 is 0. The molecule has 0 bridgehead atoms. The second kappa shape index (κ2) is 7.25. The molecule has 0 amide bonds. The van der Waals surface area contributed by atoms with E-state index in [0.29, 0.717) is 11.5 Å². The second-order valence-corrected chi connectivity index (χ2v) is 7.05. The van der Waals surface area contributed by atoms with E-state index in [2.05, 4.69) is 23.1 Å². The van der Waals surface area contributed by atoms with Crippen LogP contribution in [-0.4, -0.2) is 39.9 Å². The highest BCUT2D eigenvalue weighted by Crippen LogP contribution is 2.48. The van der Waals surface area contributed by atoms with Crippen molar-refractivity contribution in [1.29, 1.82) is 5.26 Å². The van der Waals surface area contributed by atoms with E-state index in [0.717, 1.165) is 42.0 Å². The molecular formula is C22H24N2O4. The quantitative estimate of drug-likeness (QED) is 0.810. The Labute approximate surface area is 165 Å². The first-order valence-corrected chi connectivity index (χ1v) is 9.30. The number of hydrogen-bond donors (Lipinski definition) is 0. The number of fused-ring (bicyclic) bond motifs is 4. The van der Waals surface area contributed by atoms with Crippen LogP contribution >= 0.6 is 0 Å². The number of nitriles is 1. The highest BCUT2D eigenvalue weighted by Gasteiger charge is 2.39. The number of rotatable bonds is 4. The van der Waals surface area contributed by atoms with Gasteiger partial charge in [-0.3, -0.25) is 4.90 Å². The summed E-state index contributed by atoms with van der Waals surface area (Å²) in [5.74, 6) is 2.81. The fourth-order valence-corrected chi connectivity index (χ4v) is 4.48. The van der Waals surface area contributed by atoms with Gasteiger partial charge in [-0.15, -0.1) is 0 Å². The van der Waals surface area contributed by atoms with Crippen molar-refractivity contribution in [3.63, 3.8) is 0 Å². The van der Waals surface area contributed by atoms with E-state index in [-0.39, 0.29) is 12.1 Å². The Balaban J connectivity index is 1.84. The third kappa shape index (κ3) is 2.74. The topological polar surface area (TPSA) is 64.0 Å². The maximum Gasteiger partial charge on any atom is 0.161 e. The molecule has 2 atom stereocenters. The molecule has 0 unspecified atom stereocenters. The van der Waals surface area contributed by atoms with E-state index in [1.54, 1.807) is 28.4 Å². The van der Waals surface area contributed by atoms with Crippen LogP contribution in [0.4, 0.5) is 0 Å². The predicted octanol–water partition coefficient (Wildman–Crippen LogP) is 3.44. The first-order valence-electron chi connectivity index (χ1n) is 9.30. The number of nitrogens with zero attached hydrogens (tertiary/aromatic N) is 2. The largest absolute Gasteiger partial charge is 0.493 e. The number of benzene rings is 2. The summed E-state index contributed by atoms with van der Waals surface area (Å²) in [7, 11) is 6.56. The summed E-state index contributed by atoms with van der Waals surface area (Å²) in [4.78, 5) is 2.28. The molecule has 0 aliphatic carbocycles. The molecule has 6 nitrogen and oxygen atoms in total. The Hall–Kier alpha value is -2.91. The molecule has 0 aromatic heterocycles. The molecule has 0 spiro atoms. The van der Waals surface area contributed by atoms with Gasteiger partial charge in [0.05, 0.1) is 34.5 Å². The van der Waals surface area contributed by atoms with Crippen LogP contribution in [0.25, 0.3) is 0 Å². The SMILES string of the molecule is COc1cc2c(cc1OC)[C@@H](C#N)N1CCc3cc(OC)c(OC)cc3[C@@H]1C2. The predicted molar refractivity (Wildman–Crippen MR) is 104 cm³/mol. The van der Waals surface area contributed by atoms with Crippen molar-refractivity contribution in [1.82, 2.24) is 4.90 Å². The maximum atomic E-state index is 9.99. The summed E-state index contributed by atoms with van der Waals surface area (Å²) in [5.41, 5.74) is 4.57. The first-order chi connectivity index (χ1) is 13.6. The van der Waals surface area contributed by atoms with Crippen LogP contribution in [-0.2, 0) is 12.8 Å². The second-order valence-electron chi connectivity index (χ2n) is 7.05. The zero-order chi connectivity index (χ0) is 19.8. The molecule has 146 valence electrons. The van der Waals surface area contributed by atoms with Gasteiger partial charge in [0.2, 0.25) is 0 Å². The van der Waals surface area contributed by atoms with Gasteiger partial charge >= 0.3 is 0 Å². The van der Waals surface area contributed by atoms with E-state index < -0.39 is 0 Å². The van der Waals surface area contributed by atoms with Crippen LogP contribution in [0.15, 0.2) is 24.3 Å². The van der Waals surface area contributed by atoms with Crippen LogP contribution in [0.1, 0.15) is 34.3 Å². The van der Waals surface area contributed by atoms with Gasteiger partial charge < -0.3 is 18.9 Å². The molecule has 28 heavy (non-hydrogen) atoms. The van der Waals surface area contributed by atoms with Gasteiger partial charge in [-0.25, -0.2) is 0 Å². The smallest absolute Gasteiger partial charge is 0.161 e. The van der Waals surface area contributed by atoms with Crippen molar-refractivity contribution >= 4 is 0 Å². The van der Waals surface area contributed by atoms with Crippen molar-refractivity contribution in [2.45, 2.75) is 24.9 Å². The lowest BCUT2D eigenvalue weighted by Crippen LogP contribution is -2.42. The average Bonchev–Trinajstić information content (AvgIpc) is 2.75. The highest BCUT2D eigenvalue weighted by atomic mass is 16.5. The number of hydrogen-bond acceptors (Lipinski definition) is 6. The van der Waals surface area contributed by atoms with Crippen LogP contribution < -0.4 is 18.9 Å².